The second-order valence-corrected chi connectivity index (χ2v) is 4.17. The number of pyridine rings is 2. The average molecular weight is 263 g/mol. The largest absolute Gasteiger partial charge is 0.365 e. The standard InChI is InChI=1S/C12H11ClN4O/c13-8-5-10(12(15)18)11(14)17(6-8)7-9-3-1-2-4-16-9/h1-6,14H,7H2,(H2,15,18). The lowest BCUT2D eigenvalue weighted by atomic mass is 10.2. The van der Waals surface area contributed by atoms with Gasteiger partial charge < -0.3 is 10.3 Å². The first-order valence-electron chi connectivity index (χ1n) is 5.22. The minimum atomic E-state index is -0.669. The molecule has 0 spiro atoms. The number of aromatic nitrogens is 2. The quantitative estimate of drug-likeness (QED) is 0.870. The van der Waals surface area contributed by atoms with Gasteiger partial charge in [0.25, 0.3) is 5.91 Å². The van der Waals surface area contributed by atoms with Crippen molar-refractivity contribution in [3.05, 3.63) is 58.4 Å². The highest BCUT2D eigenvalue weighted by Crippen LogP contribution is 2.08. The first kappa shape index (κ1) is 12.3. The Balaban J connectivity index is 2.46. The summed E-state index contributed by atoms with van der Waals surface area (Å²) >= 11 is 5.90. The number of carbonyl (C=O) groups excluding carboxylic acids is 1. The lowest BCUT2D eigenvalue weighted by Gasteiger charge is -2.09. The van der Waals surface area contributed by atoms with Crippen molar-refractivity contribution < 1.29 is 4.79 Å². The molecule has 0 aromatic carbocycles. The van der Waals surface area contributed by atoms with Crippen LogP contribution in [0.1, 0.15) is 16.1 Å². The van der Waals surface area contributed by atoms with Crippen molar-refractivity contribution in [1.82, 2.24) is 9.55 Å². The van der Waals surface area contributed by atoms with Crippen LogP contribution in [0, 0.1) is 5.41 Å². The van der Waals surface area contributed by atoms with Gasteiger partial charge in [0.2, 0.25) is 0 Å². The van der Waals surface area contributed by atoms with E-state index < -0.39 is 5.91 Å². The van der Waals surface area contributed by atoms with E-state index in [9.17, 15) is 4.79 Å². The van der Waals surface area contributed by atoms with E-state index in [4.69, 9.17) is 22.7 Å². The summed E-state index contributed by atoms with van der Waals surface area (Å²) in [4.78, 5) is 15.3. The van der Waals surface area contributed by atoms with E-state index in [0.29, 0.717) is 11.6 Å². The van der Waals surface area contributed by atoms with E-state index >= 15 is 0 Å². The molecule has 0 aliphatic rings. The number of hydrogen-bond donors (Lipinski definition) is 2. The van der Waals surface area contributed by atoms with Crippen LogP contribution in [0.5, 0.6) is 0 Å². The summed E-state index contributed by atoms with van der Waals surface area (Å²) in [6.45, 7) is 0.362. The lowest BCUT2D eigenvalue weighted by Crippen LogP contribution is -2.29. The Bertz CT molecular complexity index is 636. The molecule has 1 amide bonds. The SMILES string of the molecule is N=c1c(C(N)=O)cc(Cl)cn1Cc1ccccn1. The summed E-state index contributed by atoms with van der Waals surface area (Å²) in [6.07, 6.45) is 3.24. The molecule has 6 heteroatoms. The van der Waals surface area contributed by atoms with Crippen LogP contribution in [0.25, 0.3) is 0 Å². The van der Waals surface area contributed by atoms with Crippen molar-refractivity contribution >= 4 is 17.5 Å². The monoisotopic (exact) mass is 262 g/mol. The predicted octanol–water partition coefficient (Wildman–Crippen LogP) is 1.16. The van der Waals surface area contributed by atoms with Gasteiger partial charge in [-0.25, -0.2) is 0 Å². The molecule has 18 heavy (non-hydrogen) atoms. The maximum Gasteiger partial charge on any atom is 0.252 e. The van der Waals surface area contributed by atoms with E-state index in [1.54, 1.807) is 12.4 Å². The predicted molar refractivity (Wildman–Crippen MR) is 67.2 cm³/mol. The molecule has 3 N–H and O–H groups in total. The van der Waals surface area contributed by atoms with E-state index in [1.165, 1.54) is 10.6 Å². The van der Waals surface area contributed by atoms with Crippen LogP contribution in [-0.4, -0.2) is 15.5 Å². The highest BCUT2D eigenvalue weighted by atomic mass is 35.5. The zero-order valence-electron chi connectivity index (χ0n) is 9.43. The van der Waals surface area contributed by atoms with Crippen molar-refractivity contribution in [2.24, 2.45) is 5.73 Å². The zero-order chi connectivity index (χ0) is 13.1. The van der Waals surface area contributed by atoms with Crippen molar-refractivity contribution in [1.29, 1.82) is 5.41 Å². The van der Waals surface area contributed by atoms with Crippen molar-refractivity contribution in [2.45, 2.75) is 6.54 Å². The number of primary amides is 1. The summed E-state index contributed by atoms with van der Waals surface area (Å²) in [7, 11) is 0. The zero-order valence-corrected chi connectivity index (χ0v) is 10.2. The number of hydrogen-bond acceptors (Lipinski definition) is 3. The highest BCUT2D eigenvalue weighted by molar-refractivity contribution is 6.30. The third kappa shape index (κ3) is 2.57. The van der Waals surface area contributed by atoms with Gasteiger partial charge in [0, 0.05) is 12.4 Å². The number of nitrogens with zero attached hydrogens (tertiary/aromatic N) is 2. The van der Waals surface area contributed by atoms with E-state index in [0.717, 1.165) is 5.69 Å². The van der Waals surface area contributed by atoms with Gasteiger partial charge in [-0.05, 0) is 18.2 Å². The van der Waals surface area contributed by atoms with Gasteiger partial charge in [0.05, 0.1) is 22.8 Å². The van der Waals surface area contributed by atoms with Crippen LogP contribution < -0.4 is 11.2 Å². The van der Waals surface area contributed by atoms with Crippen LogP contribution in [0.4, 0.5) is 0 Å². The minimum absolute atomic E-state index is 0.0255. The molecule has 0 atom stereocenters. The molecule has 2 aromatic heterocycles. The van der Waals surface area contributed by atoms with Gasteiger partial charge in [0.15, 0.2) is 0 Å². The molecule has 0 fully saturated rings. The lowest BCUT2D eigenvalue weighted by molar-refractivity contribution is 0.0998. The summed E-state index contributed by atoms with van der Waals surface area (Å²) in [6, 6.07) is 6.88. The molecule has 0 saturated heterocycles. The summed E-state index contributed by atoms with van der Waals surface area (Å²) in [5.41, 5.74) is 6.09. The molecule has 0 radical (unpaired) electrons. The molecule has 2 aromatic rings. The van der Waals surface area contributed by atoms with Crippen LogP contribution in [0.3, 0.4) is 0 Å². The second kappa shape index (κ2) is 5.01. The van der Waals surface area contributed by atoms with Crippen molar-refractivity contribution in [3.8, 4) is 0 Å². The third-order valence-electron chi connectivity index (χ3n) is 2.43. The molecular formula is C12H11ClN4O. The molecule has 0 saturated carbocycles. The first-order valence-corrected chi connectivity index (χ1v) is 5.60. The summed E-state index contributed by atoms with van der Waals surface area (Å²) in [5.74, 6) is -0.669. The van der Waals surface area contributed by atoms with Crippen LogP contribution in [-0.2, 0) is 6.54 Å². The van der Waals surface area contributed by atoms with Gasteiger partial charge in [-0.15, -0.1) is 0 Å². The number of rotatable bonds is 3. The molecule has 0 bridgehead atoms. The Morgan fingerprint density at radius 1 is 1.50 bits per heavy atom. The second-order valence-electron chi connectivity index (χ2n) is 3.73. The molecule has 2 heterocycles. The Kier molecular flexibility index (Phi) is 3.43. The Morgan fingerprint density at radius 2 is 2.28 bits per heavy atom. The van der Waals surface area contributed by atoms with Gasteiger partial charge in [-0.2, -0.15) is 0 Å². The normalized spacial score (nSPS) is 10.3. The van der Waals surface area contributed by atoms with Gasteiger partial charge >= 0.3 is 0 Å². The number of halogens is 1. The van der Waals surface area contributed by atoms with Crippen molar-refractivity contribution in [3.63, 3.8) is 0 Å². The Labute approximate surface area is 108 Å². The number of nitrogens with two attached hydrogens (primary N) is 1. The fourth-order valence-electron chi connectivity index (χ4n) is 1.59. The average Bonchev–Trinajstić information content (AvgIpc) is 2.34. The van der Waals surface area contributed by atoms with Crippen LogP contribution in [0.15, 0.2) is 36.7 Å². The summed E-state index contributed by atoms with van der Waals surface area (Å²) in [5, 5.41) is 8.26. The fourth-order valence-corrected chi connectivity index (χ4v) is 1.82. The molecule has 5 nitrogen and oxygen atoms in total. The number of carbonyl (C=O) groups is 1. The molecule has 0 aliphatic carbocycles. The third-order valence-corrected chi connectivity index (χ3v) is 2.63. The number of amides is 1. The molecule has 0 unspecified atom stereocenters. The maximum absolute atomic E-state index is 11.2. The van der Waals surface area contributed by atoms with Gasteiger partial charge in [-0.3, -0.25) is 15.2 Å². The topological polar surface area (TPSA) is 84.8 Å². The first-order chi connectivity index (χ1) is 8.58. The molecule has 0 aliphatic heterocycles. The van der Waals surface area contributed by atoms with E-state index in [-0.39, 0.29) is 11.1 Å². The maximum atomic E-state index is 11.2. The van der Waals surface area contributed by atoms with Crippen LogP contribution in [0.2, 0.25) is 5.02 Å². The van der Waals surface area contributed by atoms with Crippen molar-refractivity contribution in [2.75, 3.05) is 0 Å². The Morgan fingerprint density at radius 3 is 2.89 bits per heavy atom. The minimum Gasteiger partial charge on any atom is -0.365 e. The summed E-state index contributed by atoms with van der Waals surface area (Å²) < 4.78 is 1.53. The van der Waals surface area contributed by atoms with Gasteiger partial charge in [-0.1, -0.05) is 17.7 Å². The highest BCUT2D eigenvalue weighted by Gasteiger charge is 2.08. The smallest absolute Gasteiger partial charge is 0.252 e. The molecular weight excluding hydrogens is 252 g/mol. The van der Waals surface area contributed by atoms with Crippen LogP contribution >= 0.6 is 11.6 Å². The van der Waals surface area contributed by atoms with Gasteiger partial charge in [0.1, 0.15) is 5.49 Å². The van der Waals surface area contributed by atoms with E-state index in [2.05, 4.69) is 4.98 Å². The Hall–Kier alpha value is -2.14. The molecule has 2 rings (SSSR count). The van der Waals surface area contributed by atoms with E-state index in [1.807, 2.05) is 18.2 Å². The fraction of sp³-hybridized carbons (Fsp3) is 0.0833. The molecule has 92 valence electrons. The number of nitrogens with one attached hydrogen (secondary N) is 1.